The van der Waals surface area contributed by atoms with Crippen molar-refractivity contribution in [3.05, 3.63) is 53.6 Å². The normalized spacial score (nSPS) is 28.0. The fraction of sp³-hybridized carbons (Fsp3) is 0.391. The molecular weight excluding hydrogens is 368 g/mol. The van der Waals surface area contributed by atoms with Gasteiger partial charge in [-0.25, -0.2) is 0 Å². The van der Waals surface area contributed by atoms with Crippen LogP contribution in [0.4, 0.5) is 0 Å². The van der Waals surface area contributed by atoms with Gasteiger partial charge in [0.25, 0.3) is 0 Å². The fourth-order valence-electron chi connectivity index (χ4n) is 4.71. The molecule has 2 bridgehead atoms. The van der Waals surface area contributed by atoms with Crippen LogP contribution in [0.15, 0.2) is 47.4 Å². The number of carbonyl (C=O) groups excluding carboxylic acids is 2. The lowest BCUT2D eigenvalue weighted by Crippen LogP contribution is -2.58. The second-order valence-corrected chi connectivity index (χ2v) is 9.37. The van der Waals surface area contributed by atoms with Crippen molar-refractivity contribution in [3.8, 4) is 11.1 Å². The van der Waals surface area contributed by atoms with Crippen molar-refractivity contribution in [2.45, 2.75) is 35.4 Å². The van der Waals surface area contributed by atoms with Crippen molar-refractivity contribution in [2.24, 2.45) is 5.92 Å². The van der Waals surface area contributed by atoms with Crippen LogP contribution in [0.5, 0.6) is 0 Å². The topological polar surface area (TPSA) is 49.4 Å². The molecule has 5 heteroatoms. The van der Waals surface area contributed by atoms with E-state index >= 15 is 0 Å². The maximum Gasteiger partial charge on any atom is 0.234 e. The summed E-state index contributed by atoms with van der Waals surface area (Å²) in [6.07, 6.45) is 4.10. The van der Waals surface area contributed by atoms with Gasteiger partial charge < -0.3 is 10.2 Å². The molecule has 4 aliphatic rings. The van der Waals surface area contributed by atoms with Crippen LogP contribution >= 0.6 is 11.8 Å². The zero-order chi connectivity index (χ0) is 19.1. The molecule has 2 atom stereocenters. The van der Waals surface area contributed by atoms with Crippen molar-refractivity contribution < 1.29 is 9.59 Å². The average molecular weight is 393 g/mol. The summed E-state index contributed by atoms with van der Waals surface area (Å²) >= 11 is 1.69. The number of nitrogens with one attached hydrogen (secondary N) is 1. The van der Waals surface area contributed by atoms with E-state index in [1.165, 1.54) is 36.4 Å². The van der Waals surface area contributed by atoms with E-state index in [1.807, 2.05) is 24.3 Å². The standard InChI is InChI=1S/C23H24N2O2S/c26-14-15-1-3-16(4-2-15)18-5-6-19-12-22(28-21(19)11-18)23(27)24-20-13-25-9-7-17(20)8-10-25/h1-6,11,14,17,20,22H,7-10,12-13H2,(H,24,27)/t20-,22?/m0/s1. The van der Waals surface area contributed by atoms with Gasteiger partial charge >= 0.3 is 0 Å². The molecule has 3 fully saturated rings. The minimum atomic E-state index is -0.0295. The van der Waals surface area contributed by atoms with Crippen LogP contribution in [0, 0.1) is 5.92 Å². The molecule has 0 aliphatic carbocycles. The number of nitrogens with zero attached hydrogens (tertiary/aromatic N) is 1. The zero-order valence-electron chi connectivity index (χ0n) is 15.8. The number of benzene rings is 2. The van der Waals surface area contributed by atoms with Crippen molar-refractivity contribution in [1.82, 2.24) is 10.2 Å². The summed E-state index contributed by atoms with van der Waals surface area (Å²) < 4.78 is 0. The van der Waals surface area contributed by atoms with Gasteiger partial charge in [-0.3, -0.25) is 9.59 Å². The van der Waals surface area contributed by atoms with E-state index in [4.69, 9.17) is 0 Å². The van der Waals surface area contributed by atoms with Gasteiger partial charge in [-0.2, -0.15) is 0 Å². The maximum absolute atomic E-state index is 12.9. The lowest BCUT2D eigenvalue weighted by molar-refractivity contribution is -0.122. The molecule has 0 radical (unpaired) electrons. The number of carbonyl (C=O) groups is 2. The van der Waals surface area contributed by atoms with E-state index in [9.17, 15) is 9.59 Å². The SMILES string of the molecule is O=Cc1ccc(-c2ccc3c(c2)SC(C(=O)N[C@H]2CN4CCC2CC4)C3)cc1. The summed E-state index contributed by atoms with van der Waals surface area (Å²) in [6, 6.07) is 14.4. The highest BCUT2D eigenvalue weighted by atomic mass is 32.2. The molecular formula is C23H24N2O2S. The molecule has 144 valence electrons. The molecule has 4 nitrogen and oxygen atoms in total. The number of hydrogen-bond donors (Lipinski definition) is 1. The van der Waals surface area contributed by atoms with Crippen LogP contribution in [0.1, 0.15) is 28.8 Å². The Labute approximate surface area is 169 Å². The van der Waals surface area contributed by atoms with Crippen molar-refractivity contribution >= 4 is 24.0 Å². The summed E-state index contributed by atoms with van der Waals surface area (Å²) in [5.74, 6) is 0.848. The Morgan fingerprint density at radius 2 is 1.82 bits per heavy atom. The van der Waals surface area contributed by atoms with Crippen molar-refractivity contribution in [1.29, 1.82) is 0 Å². The van der Waals surface area contributed by atoms with Gasteiger partial charge in [-0.1, -0.05) is 36.4 Å². The summed E-state index contributed by atoms with van der Waals surface area (Å²) in [5, 5.41) is 3.32. The third-order valence-corrected chi connectivity index (χ3v) is 7.70. The summed E-state index contributed by atoms with van der Waals surface area (Å²) in [7, 11) is 0. The summed E-state index contributed by atoms with van der Waals surface area (Å²) in [6.45, 7) is 3.40. The highest BCUT2D eigenvalue weighted by Gasteiger charge is 2.37. The molecule has 2 aromatic rings. The first-order chi connectivity index (χ1) is 13.7. The third kappa shape index (κ3) is 3.38. The Morgan fingerprint density at radius 3 is 2.50 bits per heavy atom. The predicted octanol–water partition coefficient (Wildman–Crippen LogP) is 3.39. The highest BCUT2D eigenvalue weighted by molar-refractivity contribution is 8.01. The lowest BCUT2D eigenvalue weighted by Gasteiger charge is -2.45. The molecule has 28 heavy (non-hydrogen) atoms. The van der Waals surface area contributed by atoms with Crippen LogP contribution in [-0.2, 0) is 11.2 Å². The summed E-state index contributed by atoms with van der Waals surface area (Å²) in [4.78, 5) is 27.4. The number of rotatable bonds is 4. The average Bonchev–Trinajstić information content (AvgIpc) is 3.18. The van der Waals surface area contributed by atoms with Gasteiger partial charge in [0.15, 0.2) is 0 Å². The first-order valence-corrected chi connectivity index (χ1v) is 11.0. The molecule has 3 saturated heterocycles. The minimum Gasteiger partial charge on any atom is -0.351 e. The first kappa shape index (κ1) is 18.0. The van der Waals surface area contributed by atoms with Gasteiger partial charge in [0.05, 0.1) is 5.25 Å². The molecule has 0 aromatic heterocycles. The molecule has 4 heterocycles. The predicted molar refractivity (Wildman–Crippen MR) is 112 cm³/mol. The molecule has 2 aromatic carbocycles. The Bertz CT molecular complexity index is 903. The Balaban J connectivity index is 1.27. The van der Waals surface area contributed by atoms with Crippen LogP contribution in [0.25, 0.3) is 11.1 Å². The maximum atomic E-state index is 12.9. The highest BCUT2D eigenvalue weighted by Crippen LogP contribution is 2.40. The Hall–Kier alpha value is -2.11. The van der Waals surface area contributed by atoms with E-state index in [1.54, 1.807) is 11.8 Å². The van der Waals surface area contributed by atoms with Crippen molar-refractivity contribution in [3.63, 3.8) is 0 Å². The van der Waals surface area contributed by atoms with Crippen LogP contribution in [0.3, 0.4) is 0 Å². The van der Waals surface area contributed by atoms with E-state index in [0.717, 1.165) is 30.4 Å². The van der Waals surface area contributed by atoms with Crippen LogP contribution in [0.2, 0.25) is 0 Å². The molecule has 1 N–H and O–H groups in total. The molecule has 4 aliphatic heterocycles. The molecule has 0 spiro atoms. The first-order valence-electron chi connectivity index (χ1n) is 10.1. The number of aldehydes is 1. The zero-order valence-corrected chi connectivity index (χ0v) is 16.6. The largest absolute Gasteiger partial charge is 0.351 e. The second kappa shape index (κ2) is 7.37. The third-order valence-electron chi connectivity index (χ3n) is 6.40. The smallest absolute Gasteiger partial charge is 0.234 e. The number of amides is 1. The van der Waals surface area contributed by atoms with Gasteiger partial charge in [-0.15, -0.1) is 11.8 Å². The number of fused-ring (bicyclic) bond motifs is 4. The molecule has 6 rings (SSSR count). The van der Waals surface area contributed by atoms with E-state index in [-0.39, 0.29) is 11.2 Å². The van der Waals surface area contributed by atoms with Crippen LogP contribution < -0.4 is 5.32 Å². The van der Waals surface area contributed by atoms with Gasteiger partial charge in [0, 0.05) is 23.0 Å². The Kier molecular flexibility index (Phi) is 4.73. The van der Waals surface area contributed by atoms with Gasteiger partial charge in [0.1, 0.15) is 6.29 Å². The Morgan fingerprint density at radius 1 is 1.07 bits per heavy atom. The summed E-state index contributed by atoms with van der Waals surface area (Å²) in [5.41, 5.74) is 4.16. The quantitative estimate of drug-likeness (QED) is 0.811. The van der Waals surface area contributed by atoms with E-state index in [2.05, 4.69) is 28.4 Å². The minimum absolute atomic E-state index is 0.0295. The van der Waals surface area contributed by atoms with Gasteiger partial charge in [0.2, 0.25) is 5.91 Å². The molecule has 1 unspecified atom stereocenters. The lowest BCUT2D eigenvalue weighted by atomic mass is 9.84. The van der Waals surface area contributed by atoms with Crippen molar-refractivity contribution in [2.75, 3.05) is 19.6 Å². The second-order valence-electron chi connectivity index (χ2n) is 8.13. The fourth-order valence-corrected chi connectivity index (χ4v) is 5.95. The molecule has 0 saturated carbocycles. The van der Waals surface area contributed by atoms with E-state index in [0.29, 0.717) is 17.5 Å². The van der Waals surface area contributed by atoms with Crippen LogP contribution in [-0.4, -0.2) is 48.0 Å². The molecule has 1 amide bonds. The monoisotopic (exact) mass is 392 g/mol. The van der Waals surface area contributed by atoms with Gasteiger partial charge in [-0.05, 0) is 61.0 Å². The number of piperidine rings is 3. The number of hydrogen-bond acceptors (Lipinski definition) is 4. The van der Waals surface area contributed by atoms with E-state index < -0.39 is 0 Å². The number of thioether (sulfide) groups is 1.